The van der Waals surface area contributed by atoms with Crippen molar-refractivity contribution in [1.29, 1.82) is 0 Å². The maximum absolute atomic E-state index is 14.0. The predicted octanol–water partition coefficient (Wildman–Crippen LogP) is 5.77. The maximum atomic E-state index is 14.0. The normalized spacial score (nSPS) is 33.9. The molecule has 2 atom stereocenters. The van der Waals surface area contributed by atoms with E-state index in [1.165, 1.54) is 19.3 Å². The third kappa shape index (κ3) is 3.46. The van der Waals surface area contributed by atoms with E-state index in [9.17, 15) is 9.90 Å². The van der Waals surface area contributed by atoms with Crippen LogP contribution in [0.2, 0.25) is 0 Å². The van der Waals surface area contributed by atoms with Gasteiger partial charge in [-0.25, -0.2) is 0 Å². The van der Waals surface area contributed by atoms with Crippen molar-refractivity contribution in [3.8, 4) is 0 Å². The fourth-order valence-corrected chi connectivity index (χ4v) is 8.83. The number of benzene rings is 2. The molecule has 1 saturated heterocycles. The van der Waals surface area contributed by atoms with Gasteiger partial charge in [0.25, 0.3) is 0 Å². The van der Waals surface area contributed by atoms with Crippen LogP contribution in [0.1, 0.15) is 69.4 Å². The van der Waals surface area contributed by atoms with Gasteiger partial charge >= 0.3 is 0 Å². The van der Waals surface area contributed by atoms with Crippen LogP contribution in [-0.2, 0) is 10.4 Å². The van der Waals surface area contributed by atoms with Gasteiger partial charge in [-0.05, 0) is 85.7 Å². The topological polar surface area (TPSA) is 40.5 Å². The number of rotatable bonds is 4. The number of carbonyl (C=O) groups excluding carboxylic acids is 1. The van der Waals surface area contributed by atoms with E-state index in [1.807, 2.05) is 60.7 Å². The third-order valence-corrected chi connectivity index (χ3v) is 9.61. The molecule has 3 heteroatoms. The molecule has 2 aromatic rings. The van der Waals surface area contributed by atoms with Crippen molar-refractivity contribution in [2.24, 2.45) is 28.6 Å². The van der Waals surface area contributed by atoms with Crippen molar-refractivity contribution in [3.63, 3.8) is 0 Å². The Kier molecular flexibility index (Phi) is 4.99. The monoisotopic (exact) mass is 443 g/mol. The molecule has 0 spiro atoms. The molecule has 33 heavy (non-hydrogen) atoms. The first-order valence-electron chi connectivity index (χ1n) is 13.0. The highest BCUT2D eigenvalue weighted by Crippen LogP contribution is 2.65. The van der Waals surface area contributed by atoms with Crippen molar-refractivity contribution in [2.45, 2.75) is 63.9 Å². The lowest BCUT2D eigenvalue weighted by Crippen LogP contribution is -2.58. The first kappa shape index (κ1) is 21.4. The van der Waals surface area contributed by atoms with E-state index in [0.29, 0.717) is 11.3 Å². The van der Waals surface area contributed by atoms with Gasteiger partial charge in [0, 0.05) is 13.1 Å². The molecule has 1 N–H and O–H groups in total. The van der Waals surface area contributed by atoms with Crippen LogP contribution in [0.3, 0.4) is 0 Å². The lowest BCUT2D eigenvalue weighted by atomic mass is 9.44. The van der Waals surface area contributed by atoms with E-state index in [2.05, 4.69) is 11.8 Å². The van der Waals surface area contributed by atoms with E-state index in [1.54, 1.807) is 0 Å². The number of aliphatic hydroxyl groups is 1. The summed E-state index contributed by atoms with van der Waals surface area (Å²) in [5.41, 5.74) is 1.18. The van der Waals surface area contributed by atoms with Crippen LogP contribution < -0.4 is 0 Å². The summed E-state index contributed by atoms with van der Waals surface area (Å²) in [5, 5.41) is 12.2. The fourth-order valence-electron chi connectivity index (χ4n) is 8.83. The Bertz CT molecular complexity index is 955. The summed E-state index contributed by atoms with van der Waals surface area (Å²) in [4.78, 5) is 16.1. The number of carbonyl (C=O) groups is 1. The van der Waals surface area contributed by atoms with E-state index >= 15 is 0 Å². The molecule has 5 fully saturated rings. The second kappa shape index (κ2) is 7.70. The molecule has 4 aliphatic carbocycles. The Morgan fingerprint density at radius 2 is 1.39 bits per heavy atom. The summed E-state index contributed by atoms with van der Waals surface area (Å²) < 4.78 is 0. The molecule has 2 unspecified atom stereocenters. The lowest BCUT2D eigenvalue weighted by molar-refractivity contribution is -0.168. The maximum Gasteiger partial charge on any atom is 0.228 e. The van der Waals surface area contributed by atoms with Gasteiger partial charge in [-0.2, -0.15) is 0 Å². The summed E-state index contributed by atoms with van der Waals surface area (Å²) in [6.45, 7) is 3.97. The first-order valence-corrected chi connectivity index (χ1v) is 13.0. The molecule has 3 nitrogen and oxygen atoms in total. The summed E-state index contributed by atoms with van der Waals surface area (Å²) >= 11 is 0. The summed E-state index contributed by atoms with van der Waals surface area (Å²) in [7, 11) is 0. The van der Waals surface area contributed by atoms with Gasteiger partial charge in [-0.1, -0.05) is 67.6 Å². The Hall–Kier alpha value is -2.13. The Morgan fingerprint density at radius 3 is 1.88 bits per heavy atom. The van der Waals surface area contributed by atoms with E-state index in [-0.39, 0.29) is 11.3 Å². The van der Waals surface area contributed by atoms with Gasteiger partial charge in [0.05, 0.1) is 5.41 Å². The van der Waals surface area contributed by atoms with E-state index < -0.39 is 5.60 Å². The lowest BCUT2D eigenvalue weighted by Gasteiger charge is -2.61. The zero-order valence-electron chi connectivity index (χ0n) is 19.9. The highest BCUT2D eigenvalue weighted by atomic mass is 16.3. The highest BCUT2D eigenvalue weighted by Gasteiger charge is 2.59. The van der Waals surface area contributed by atoms with Crippen molar-refractivity contribution in [1.82, 2.24) is 4.90 Å². The summed E-state index contributed by atoms with van der Waals surface area (Å²) in [5.74, 6) is 2.06. The van der Waals surface area contributed by atoms with Gasteiger partial charge in [0.15, 0.2) is 0 Å². The SMILES string of the molecule is CC12CC3CC(C1)CC(C(=O)N1CCC(C(O)(c4ccccc4)c4ccccc4)CC1)(C3)C2. The van der Waals surface area contributed by atoms with Crippen LogP contribution in [-0.4, -0.2) is 29.0 Å². The van der Waals surface area contributed by atoms with E-state index in [0.717, 1.165) is 68.2 Å². The molecule has 174 valence electrons. The predicted molar refractivity (Wildman–Crippen MR) is 130 cm³/mol. The molecule has 5 aliphatic rings. The molecule has 1 aliphatic heterocycles. The highest BCUT2D eigenvalue weighted by molar-refractivity contribution is 5.83. The number of hydrogen-bond acceptors (Lipinski definition) is 2. The smallest absolute Gasteiger partial charge is 0.228 e. The minimum atomic E-state index is -1.02. The minimum absolute atomic E-state index is 0.0964. The van der Waals surface area contributed by atoms with Gasteiger partial charge < -0.3 is 10.0 Å². The average molecular weight is 444 g/mol. The largest absolute Gasteiger partial charge is 0.380 e. The molecule has 7 rings (SSSR count). The van der Waals surface area contributed by atoms with Gasteiger partial charge in [0.2, 0.25) is 5.91 Å². The number of likely N-dealkylation sites (tertiary alicyclic amines) is 1. The number of amides is 1. The van der Waals surface area contributed by atoms with Crippen molar-refractivity contribution in [2.75, 3.05) is 13.1 Å². The molecule has 4 bridgehead atoms. The van der Waals surface area contributed by atoms with Gasteiger partial charge in [-0.3, -0.25) is 4.79 Å². The van der Waals surface area contributed by atoms with Crippen LogP contribution in [0.5, 0.6) is 0 Å². The standard InChI is InChI=1S/C30H37NO2/c1-28-17-22-16-23(18-28)20-29(19-22,21-28)27(32)31-14-12-26(13-15-31)30(33,24-8-4-2-5-9-24)25-10-6-3-7-11-25/h2-11,22-23,26,33H,12-21H2,1H3. The average Bonchev–Trinajstić information content (AvgIpc) is 2.83. The number of hydrogen-bond donors (Lipinski definition) is 1. The summed E-state index contributed by atoms with van der Waals surface area (Å²) in [6.07, 6.45) is 9.05. The zero-order chi connectivity index (χ0) is 22.7. The fraction of sp³-hybridized carbons (Fsp3) is 0.567. The second-order valence-electron chi connectivity index (χ2n) is 12.1. The van der Waals surface area contributed by atoms with Crippen LogP contribution in [0.15, 0.2) is 60.7 Å². The summed E-state index contributed by atoms with van der Waals surface area (Å²) in [6, 6.07) is 20.2. The van der Waals surface area contributed by atoms with Crippen LogP contribution in [0.25, 0.3) is 0 Å². The van der Waals surface area contributed by atoms with Crippen molar-refractivity contribution >= 4 is 5.91 Å². The van der Waals surface area contributed by atoms with Crippen LogP contribution in [0.4, 0.5) is 0 Å². The molecule has 4 saturated carbocycles. The third-order valence-electron chi connectivity index (χ3n) is 9.61. The van der Waals surface area contributed by atoms with E-state index in [4.69, 9.17) is 0 Å². The number of nitrogens with zero attached hydrogens (tertiary/aromatic N) is 1. The zero-order valence-corrected chi connectivity index (χ0v) is 19.9. The van der Waals surface area contributed by atoms with Gasteiger partial charge in [0.1, 0.15) is 5.60 Å². The Morgan fingerprint density at radius 1 is 0.879 bits per heavy atom. The second-order valence-corrected chi connectivity index (χ2v) is 12.1. The molecule has 2 aromatic carbocycles. The Labute approximate surface area is 198 Å². The molecule has 1 amide bonds. The molecular weight excluding hydrogens is 406 g/mol. The van der Waals surface area contributed by atoms with Crippen LogP contribution in [0, 0.1) is 28.6 Å². The van der Waals surface area contributed by atoms with Crippen molar-refractivity contribution in [3.05, 3.63) is 71.8 Å². The molecular formula is C30H37NO2. The molecule has 0 radical (unpaired) electrons. The quantitative estimate of drug-likeness (QED) is 0.652. The van der Waals surface area contributed by atoms with Crippen LogP contribution >= 0.6 is 0 Å². The first-order chi connectivity index (χ1) is 15.9. The molecule has 0 aromatic heterocycles. The Balaban J connectivity index is 1.23. The number of piperidine rings is 1. The van der Waals surface area contributed by atoms with Crippen molar-refractivity contribution < 1.29 is 9.90 Å². The van der Waals surface area contributed by atoms with Gasteiger partial charge in [-0.15, -0.1) is 0 Å². The molecule has 1 heterocycles. The minimum Gasteiger partial charge on any atom is -0.380 e.